The van der Waals surface area contributed by atoms with Gasteiger partial charge < -0.3 is 14.9 Å². The highest BCUT2D eigenvalue weighted by Crippen LogP contribution is 2.03. The molecule has 0 aliphatic carbocycles. The largest absolute Gasteiger partial charge is 0.396 e. The van der Waals surface area contributed by atoms with Crippen LogP contribution in [0.5, 0.6) is 0 Å². The van der Waals surface area contributed by atoms with Gasteiger partial charge in [-0.15, -0.1) is 0 Å². The lowest BCUT2D eigenvalue weighted by Crippen LogP contribution is -2.29. The van der Waals surface area contributed by atoms with Gasteiger partial charge in [0.25, 0.3) is 0 Å². The molecule has 0 radical (unpaired) electrons. The van der Waals surface area contributed by atoms with E-state index in [4.69, 9.17) is 5.11 Å². The van der Waals surface area contributed by atoms with Crippen molar-refractivity contribution in [2.75, 3.05) is 46.4 Å². The molecule has 3 nitrogen and oxygen atoms in total. The second-order valence-corrected chi connectivity index (χ2v) is 4.28. The van der Waals surface area contributed by atoms with Crippen molar-refractivity contribution < 1.29 is 5.11 Å². The van der Waals surface area contributed by atoms with Crippen LogP contribution in [0.15, 0.2) is 0 Å². The van der Waals surface area contributed by atoms with Gasteiger partial charge in [-0.25, -0.2) is 0 Å². The summed E-state index contributed by atoms with van der Waals surface area (Å²) in [6.45, 7) is 6.49. The molecule has 1 N–H and O–H groups in total. The Balaban J connectivity index is 2.05. The van der Waals surface area contributed by atoms with Crippen LogP contribution in [0.3, 0.4) is 0 Å². The van der Waals surface area contributed by atoms with E-state index < -0.39 is 0 Å². The van der Waals surface area contributed by atoms with E-state index in [0.717, 1.165) is 6.42 Å². The van der Waals surface area contributed by atoms with Gasteiger partial charge in [-0.05, 0) is 52.4 Å². The van der Waals surface area contributed by atoms with Gasteiger partial charge in [-0.1, -0.05) is 0 Å². The lowest BCUT2D eigenvalue weighted by Gasteiger charge is -2.19. The molecule has 1 aliphatic heterocycles. The predicted molar refractivity (Wildman–Crippen MR) is 59.5 cm³/mol. The number of aliphatic hydroxyl groups is 1. The van der Waals surface area contributed by atoms with E-state index >= 15 is 0 Å². The van der Waals surface area contributed by atoms with Gasteiger partial charge in [0.15, 0.2) is 0 Å². The van der Waals surface area contributed by atoms with Crippen LogP contribution in [0.1, 0.15) is 25.7 Å². The Morgan fingerprint density at radius 1 is 1.00 bits per heavy atom. The summed E-state index contributed by atoms with van der Waals surface area (Å²) < 4.78 is 0. The van der Waals surface area contributed by atoms with E-state index in [1.807, 2.05) is 0 Å². The molecule has 14 heavy (non-hydrogen) atoms. The van der Waals surface area contributed by atoms with Crippen LogP contribution in [0, 0.1) is 0 Å². The lowest BCUT2D eigenvalue weighted by molar-refractivity contribution is 0.255. The molecule has 0 aromatic heterocycles. The van der Waals surface area contributed by atoms with Gasteiger partial charge in [0.2, 0.25) is 0 Å². The summed E-state index contributed by atoms with van der Waals surface area (Å²) in [5.41, 5.74) is 0. The molecule has 0 spiro atoms. The maximum Gasteiger partial charge on any atom is 0.0431 e. The highest BCUT2D eigenvalue weighted by Gasteiger charge is 2.10. The summed E-state index contributed by atoms with van der Waals surface area (Å²) in [5, 5.41) is 8.66. The van der Waals surface area contributed by atoms with Crippen LogP contribution in [0.4, 0.5) is 0 Å². The molecule has 1 heterocycles. The summed E-state index contributed by atoms with van der Waals surface area (Å²) in [7, 11) is 2.20. The fourth-order valence-electron chi connectivity index (χ4n) is 1.95. The van der Waals surface area contributed by atoms with Crippen molar-refractivity contribution in [3.05, 3.63) is 0 Å². The molecule has 0 amide bonds. The van der Waals surface area contributed by atoms with Crippen LogP contribution in [-0.2, 0) is 0 Å². The third-order valence-corrected chi connectivity index (χ3v) is 2.94. The number of hydrogen-bond acceptors (Lipinski definition) is 3. The molecule has 1 saturated heterocycles. The van der Waals surface area contributed by atoms with Gasteiger partial charge >= 0.3 is 0 Å². The van der Waals surface area contributed by atoms with Crippen LogP contribution < -0.4 is 0 Å². The first-order chi connectivity index (χ1) is 6.83. The Morgan fingerprint density at radius 3 is 2.64 bits per heavy atom. The first-order valence-electron chi connectivity index (χ1n) is 5.84. The number of nitrogens with zero attached hydrogens (tertiary/aromatic N) is 2. The van der Waals surface area contributed by atoms with Crippen molar-refractivity contribution in [3.63, 3.8) is 0 Å². The summed E-state index contributed by atoms with van der Waals surface area (Å²) in [6, 6.07) is 0. The highest BCUT2D eigenvalue weighted by molar-refractivity contribution is 4.66. The van der Waals surface area contributed by atoms with E-state index in [1.165, 1.54) is 52.0 Å². The van der Waals surface area contributed by atoms with Crippen molar-refractivity contribution in [1.29, 1.82) is 0 Å². The monoisotopic (exact) mass is 200 g/mol. The number of rotatable bonds is 5. The minimum absolute atomic E-state index is 0.350. The Morgan fingerprint density at radius 2 is 1.86 bits per heavy atom. The molecule has 0 atom stereocenters. The molecule has 1 fully saturated rings. The average molecular weight is 200 g/mol. The van der Waals surface area contributed by atoms with Crippen LogP contribution in [0.25, 0.3) is 0 Å². The number of aliphatic hydroxyl groups excluding tert-OH is 1. The third-order valence-electron chi connectivity index (χ3n) is 2.94. The van der Waals surface area contributed by atoms with Crippen LogP contribution in [-0.4, -0.2) is 61.3 Å². The van der Waals surface area contributed by atoms with Crippen molar-refractivity contribution in [2.45, 2.75) is 25.7 Å². The zero-order valence-electron chi connectivity index (χ0n) is 9.41. The maximum absolute atomic E-state index is 8.66. The van der Waals surface area contributed by atoms with E-state index in [9.17, 15) is 0 Å². The molecular weight excluding hydrogens is 176 g/mol. The third kappa shape index (κ3) is 4.94. The molecule has 0 saturated carbocycles. The quantitative estimate of drug-likeness (QED) is 0.665. The lowest BCUT2D eigenvalue weighted by atomic mass is 10.2. The topological polar surface area (TPSA) is 26.7 Å². The van der Waals surface area contributed by atoms with Gasteiger partial charge in [0.1, 0.15) is 0 Å². The zero-order valence-corrected chi connectivity index (χ0v) is 9.41. The Bertz CT molecular complexity index is 141. The molecule has 1 rings (SSSR count). The molecule has 0 aromatic carbocycles. The molecule has 0 aromatic rings. The maximum atomic E-state index is 8.66. The molecule has 84 valence electrons. The van der Waals surface area contributed by atoms with Gasteiger partial charge in [0, 0.05) is 19.7 Å². The second-order valence-electron chi connectivity index (χ2n) is 4.28. The highest BCUT2D eigenvalue weighted by atomic mass is 16.2. The van der Waals surface area contributed by atoms with Crippen molar-refractivity contribution in [3.8, 4) is 0 Å². The van der Waals surface area contributed by atoms with Crippen molar-refractivity contribution in [1.82, 2.24) is 9.80 Å². The minimum Gasteiger partial charge on any atom is -0.396 e. The van der Waals surface area contributed by atoms with Gasteiger partial charge in [-0.3, -0.25) is 0 Å². The fourth-order valence-corrected chi connectivity index (χ4v) is 1.95. The standard InChI is InChI=1S/C11H24N2O/c1-12-6-5-8-13(10-9-12)7-3-2-4-11-14/h14H,2-11H2,1H3. The predicted octanol–water partition coefficient (Wildman–Crippen LogP) is 0.786. The number of likely N-dealkylation sites (N-methyl/N-ethyl adjacent to an activating group) is 1. The second kappa shape index (κ2) is 7.21. The Labute approximate surface area is 87.7 Å². The average Bonchev–Trinajstić information content (AvgIpc) is 2.38. The summed E-state index contributed by atoms with van der Waals surface area (Å²) in [4.78, 5) is 4.97. The normalized spacial score (nSPS) is 21.0. The van der Waals surface area contributed by atoms with Crippen molar-refractivity contribution in [2.24, 2.45) is 0 Å². The summed E-state index contributed by atoms with van der Waals surface area (Å²) in [6.07, 6.45) is 4.68. The number of unbranched alkanes of at least 4 members (excludes halogenated alkanes) is 2. The Hall–Kier alpha value is -0.120. The Kier molecular flexibility index (Phi) is 6.15. The number of hydrogen-bond donors (Lipinski definition) is 1. The first kappa shape index (κ1) is 12.0. The first-order valence-corrected chi connectivity index (χ1v) is 5.84. The molecule has 1 aliphatic rings. The van der Waals surface area contributed by atoms with Crippen LogP contribution >= 0.6 is 0 Å². The smallest absolute Gasteiger partial charge is 0.0431 e. The molecule has 0 bridgehead atoms. The minimum atomic E-state index is 0.350. The van der Waals surface area contributed by atoms with E-state index in [1.54, 1.807) is 0 Å². The van der Waals surface area contributed by atoms with E-state index in [2.05, 4.69) is 16.8 Å². The van der Waals surface area contributed by atoms with Gasteiger partial charge in [0.05, 0.1) is 0 Å². The zero-order chi connectivity index (χ0) is 10.2. The van der Waals surface area contributed by atoms with Crippen LogP contribution in [0.2, 0.25) is 0 Å². The molecule has 3 heteroatoms. The summed E-state index contributed by atoms with van der Waals surface area (Å²) >= 11 is 0. The van der Waals surface area contributed by atoms with Gasteiger partial charge in [-0.2, -0.15) is 0 Å². The summed E-state index contributed by atoms with van der Waals surface area (Å²) in [5.74, 6) is 0. The fraction of sp³-hybridized carbons (Fsp3) is 1.00. The molecule has 0 unspecified atom stereocenters. The van der Waals surface area contributed by atoms with Crippen molar-refractivity contribution >= 4 is 0 Å². The van der Waals surface area contributed by atoms with E-state index in [0.29, 0.717) is 6.61 Å². The molecular formula is C11H24N2O. The SMILES string of the molecule is CN1CCCN(CCCCCO)CC1. The van der Waals surface area contributed by atoms with E-state index in [-0.39, 0.29) is 0 Å².